The highest BCUT2D eigenvalue weighted by atomic mass is 16.3. The Bertz CT molecular complexity index is 930. The van der Waals surface area contributed by atoms with Crippen molar-refractivity contribution in [2.75, 3.05) is 0 Å². The van der Waals surface area contributed by atoms with Gasteiger partial charge in [-0.3, -0.25) is 0 Å². The monoisotopic (exact) mass is 447 g/mol. The van der Waals surface area contributed by atoms with Gasteiger partial charge in [0.05, 0.1) is 23.8 Å². The van der Waals surface area contributed by atoms with Crippen LogP contribution < -0.4 is 0 Å². The van der Waals surface area contributed by atoms with Gasteiger partial charge in [0, 0.05) is 0 Å². The van der Waals surface area contributed by atoms with Crippen molar-refractivity contribution in [3.8, 4) is 6.07 Å². The average Bonchev–Trinajstić information content (AvgIpc) is 3.16. The number of hydrogen-bond acceptors (Lipinski definition) is 3. The summed E-state index contributed by atoms with van der Waals surface area (Å²) >= 11 is 0. The number of rotatable bonds is 5. The van der Waals surface area contributed by atoms with Gasteiger partial charge in [-0.25, -0.2) is 0 Å². The van der Waals surface area contributed by atoms with Crippen LogP contribution in [0.4, 0.5) is 0 Å². The van der Waals surface area contributed by atoms with Gasteiger partial charge in [-0.15, -0.1) is 0 Å². The molecule has 4 aliphatic carbocycles. The highest BCUT2D eigenvalue weighted by molar-refractivity contribution is 5.32. The Morgan fingerprint density at radius 1 is 1.06 bits per heavy atom. The fourth-order valence-electron chi connectivity index (χ4n) is 8.73. The van der Waals surface area contributed by atoms with Gasteiger partial charge >= 0.3 is 0 Å². The van der Waals surface area contributed by atoms with E-state index in [4.69, 9.17) is 5.26 Å². The maximum absolute atomic E-state index is 10.7. The van der Waals surface area contributed by atoms with Crippen LogP contribution >= 0.6 is 0 Å². The van der Waals surface area contributed by atoms with Crippen molar-refractivity contribution in [3.05, 3.63) is 47.0 Å². The number of benzene rings is 1. The van der Waals surface area contributed by atoms with Gasteiger partial charge in [-0.2, -0.15) is 5.26 Å². The molecule has 0 heterocycles. The van der Waals surface area contributed by atoms with Gasteiger partial charge < -0.3 is 10.2 Å². The Morgan fingerprint density at radius 2 is 1.85 bits per heavy atom. The summed E-state index contributed by atoms with van der Waals surface area (Å²) in [6, 6.07) is 9.54. The van der Waals surface area contributed by atoms with E-state index in [0.717, 1.165) is 54.9 Å². The second-order valence-electron chi connectivity index (χ2n) is 12.2. The minimum absolute atomic E-state index is 0.120. The molecule has 3 fully saturated rings. The van der Waals surface area contributed by atoms with Crippen molar-refractivity contribution in [1.29, 1.82) is 5.26 Å². The first-order chi connectivity index (χ1) is 15.8. The van der Waals surface area contributed by atoms with Crippen LogP contribution in [-0.2, 0) is 0 Å². The number of nitrogens with zero attached hydrogens (tertiary/aromatic N) is 1. The summed E-state index contributed by atoms with van der Waals surface area (Å²) in [6.45, 7) is 5.11. The lowest BCUT2D eigenvalue weighted by atomic mass is 9.47. The minimum atomic E-state index is -0.429. The zero-order chi connectivity index (χ0) is 23.2. The lowest BCUT2D eigenvalue weighted by molar-refractivity contribution is -0.0511. The molecule has 3 heteroatoms. The molecule has 0 amide bonds. The van der Waals surface area contributed by atoms with E-state index < -0.39 is 6.10 Å². The van der Waals surface area contributed by atoms with Crippen molar-refractivity contribution >= 4 is 0 Å². The molecule has 3 saturated carbocycles. The summed E-state index contributed by atoms with van der Waals surface area (Å²) in [7, 11) is 0. The number of fused-ring (bicyclic) bond motifs is 5. The quantitative estimate of drug-likeness (QED) is 0.494. The predicted octanol–water partition coefficient (Wildman–Crippen LogP) is 6.70. The summed E-state index contributed by atoms with van der Waals surface area (Å²) in [5.74, 6) is 3.25. The smallest absolute Gasteiger partial charge is 0.0991 e. The van der Waals surface area contributed by atoms with E-state index in [1.54, 1.807) is 17.7 Å². The summed E-state index contributed by atoms with van der Waals surface area (Å²) in [4.78, 5) is 0. The van der Waals surface area contributed by atoms with Crippen molar-refractivity contribution in [2.24, 2.45) is 34.5 Å². The fraction of sp³-hybridized carbons (Fsp3) is 0.700. The van der Waals surface area contributed by atoms with Crippen LogP contribution in [0.25, 0.3) is 0 Å². The fourth-order valence-corrected chi connectivity index (χ4v) is 8.73. The van der Waals surface area contributed by atoms with Crippen molar-refractivity contribution < 1.29 is 10.2 Å². The van der Waals surface area contributed by atoms with Gasteiger partial charge in [0.2, 0.25) is 0 Å². The SMILES string of the molecule is CC12CCC(O)CC1=CC[C@@H]1C2CCC2(C)C(CCCC(O)c3ccc(C#N)cc3)CCC12. The van der Waals surface area contributed by atoms with Gasteiger partial charge in [-0.05, 0) is 116 Å². The Balaban J connectivity index is 1.22. The largest absolute Gasteiger partial charge is 0.393 e. The van der Waals surface area contributed by atoms with Crippen LogP contribution in [0, 0.1) is 45.8 Å². The Labute approximate surface area is 199 Å². The molecule has 33 heavy (non-hydrogen) atoms. The predicted molar refractivity (Wildman–Crippen MR) is 131 cm³/mol. The molecule has 1 aromatic rings. The molecule has 2 N–H and O–H groups in total. The van der Waals surface area contributed by atoms with Gasteiger partial charge in [0.25, 0.3) is 0 Å². The van der Waals surface area contributed by atoms with Crippen molar-refractivity contribution in [2.45, 2.75) is 96.7 Å². The standard InChI is InChI=1S/C30H41NO2/c1-29-17-15-27-25(12-10-23-18-24(32)14-16-30(23,27)2)26(29)13-11-22(29)4-3-5-28(33)21-8-6-20(19-31)7-9-21/h6-10,22,24-28,32-33H,3-5,11-18H2,1-2H3/t22?,24?,25-,26?,27?,28?,29?,30?/m0/s1. The molecule has 4 aliphatic rings. The highest BCUT2D eigenvalue weighted by Gasteiger charge is 2.58. The van der Waals surface area contributed by atoms with Crippen LogP contribution in [0.15, 0.2) is 35.9 Å². The van der Waals surface area contributed by atoms with Gasteiger partial charge in [-0.1, -0.05) is 44.1 Å². The lowest BCUT2D eigenvalue weighted by Crippen LogP contribution is -2.50. The number of hydrogen-bond donors (Lipinski definition) is 2. The van der Waals surface area contributed by atoms with E-state index in [-0.39, 0.29) is 6.10 Å². The average molecular weight is 448 g/mol. The van der Waals surface area contributed by atoms with E-state index in [1.807, 2.05) is 12.1 Å². The molecule has 0 aromatic heterocycles. The Kier molecular flexibility index (Phi) is 6.21. The van der Waals surface area contributed by atoms with E-state index in [2.05, 4.69) is 26.0 Å². The molecule has 0 spiro atoms. The Morgan fingerprint density at radius 3 is 2.61 bits per heavy atom. The van der Waals surface area contributed by atoms with E-state index in [1.165, 1.54) is 44.9 Å². The molecule has 0 radical (unpaired) electrons. The molecule has 0 saturated heterocycles. The third-order valence-electron chi connectivity index (χ3n) is 10.7. The van der Waals surface area contributed by atoms with Crippen LogP contribution in [0.5, 0.6) is 0 Å². The molecular formula is C30H41NO2. The van der Waals surface area contributed by atoms with Crippen molar-refractivity contribution in [1.82, 2.24) is 0 Å². The molecule has 1 aromatic carbocycles. The first-order valence-electron chi connectivity index (χ1n) is 13.4. The van der Waals surface area contributed by atoms with E-state index >= 15 is 0 Å². The van der Waals surface area contributed by atoms with Crippen LogP contribution in [0.2, 0.25) is 0 Å². The van der Waals surface area contributed by atoms with Gasteiger partial charge in [0.15, 0.2) is 0 Å². The molecule has 5 rings (SSSR count). The van der Waals surface area contributed by atoms with Gasteiger partial charge in [0.1, 0.15) is 0 Å². The van der Waals surface area contributed by atoms with E-state index in [0.29, 0.717) is 16.4 Å². The van der Waals surface area contributed by atoms with Crippen LogP contribution in [-0.4, -0.2) is 16.3 Å². The van der Waals surface area contributed by atoms with Crippen molar-refractivity contribution in [3.63, 3.8) is 0 Å². The number of aliphatic hydroxyl groups excluding tert-OH is 2. The first-order valence-corrected chi connectivity index (χ1v) is 13.4. The third-order valence-corrected chi connectivity index (χ3v) is 10.7. The summed E-state index contributed by atoms with van der Waals surface area (Å²) in [5.41, 5.74) is 3.93. The molecule has 0 bridgehead atoms. The first kappa shape index (κ1) is 23.1. The second kappa shape index (κ2) is 8.86. The topological polar surface area (TPSA) is 64.2 Å². The normalized spacial score (nSPS) is 40.7. The van der Waals surface area contributed by atoms with E-state index in [9.17, 15) is 10.2 Å². The minimum Gasteiger partial charge on any atom is -0.393 e. The number of aliphatic hydroxyl groups is 2. The molecule has 0 aliphatic heterocycles. The summed E-state index contributed by atoms with van der Waals surface area (Å²) in [5, 5.41) is 29.9. The summed E-state index contributed by atoms with van der Waals surface area (Å²) < 4.78 is 0. The Hall–Kier alpha value is -1.63. The maximum atomic E-state index is 10.7. The molecule has 178 valence electrons. The zero-order valence-electron chi connectivity index (χ0n) is 20.5. The summed E-state index contributed by atoms with van der Waals surface area (Å²) in [6.07, 6.45) is 14.8. The highest BCUT2D eigenvalue weighted by Crippen LogP contribution is 2.66. The number of nitriles is 1. The van der Waals surface area contributed by atoms with Crippen LogP contribution in [0.1, 0.15) is 102 Å². The zero-order valence-corrected chi connectivity index (χ0v) is 20.5. The molecular weight excluding hydrogens is 406 g/mol. The third kappa shape index (κ3) is 3.98. The molecule has 7 unspecified atom stereocenters. The lowest BCUT2D eigenvalue weighted by Gasteiger charge is -2.58. The molecule has 8 atom stereocenters. The number of allylic oxidation sites excluding steroid dienone is 1. The molecule has 3 nitrogen and oxygen atoms in total. The maximum Gasteiger partial charge on any atom is 0.0991 e. The van der Waals surface area contributed by atoms with Crippen LogP contribution in [0.3, 0.4) is 0 Å². The second-order valence-corrected chi connectivity index (χ2v) is 12.2.